The minimum atomic E-state index is -4.25. The number of sulfonamides is 1. The van der Waals surface area contributed by atoms with Gasteiger partial charge in [0, 0.05) is 33.2 Å². The van der Waals surface area contributed by atoms with Gasteiger partial charge in [0.05, 0.1) is 16.1 Å². The van der Waals surface area contributed by atoms with E-state index in [1.54, 1.807) is 45.2 Å². The Hall–Kier alpha value is -3.59. The second-order valence-electron chi connectivity index (χ2n) is 9.99. The molecule has 5 rings (SSSR count). The van der Waals surface area contributed by atoms with Crippen LogP contribution in [0.4, 0.5) is 5.69 Å². The van der Waals surface area contributed by atoms with Gasteiger partial charge in [-0.25, -0.2) is 13.4 Å². The molecule has 2 heterocycles. The van der Waals surface area contributed by atoms with Gasteiger partial charge >= 0.3 is 5.97 Å². The first-order chi connectivity index (χ1) is 18.4. The van der Waals surface area contributed by atoms with Gasteiger partial charge in [-0.2, -0.15) is 0 Å². The third kappa shape index (κ3) is 5.59. The van der Waals surface area contributed by atoms with Crippen LogP contribution >= 0.6 is 23.2 Å². The fourth-order valence-corrected chi connectivity index (χ4v) is 6.50. The van der Waals surface area contributed by atoms with E-state index < -0.39 is 28.1 Å². The van der Waals surface area contributed by atoms with E-state index in [4.69, 9.17) is 27.9 Å². The summed E-state index contributed by atoms with van der Waals surface area (Å²) >= 11 is 12.2. The van der Waals surface area contributed by atoms with Gasteiger partial charge in [0.25, 0.3) is 10.0 Å². The molecule has 10 heteroatoms. The summed E-state index contributed by atoms with van der Waals surface area (Å²) in [5, 5.41) is 3.11. The van der Waals surface area contributed by atoms with Crippen molar-refractivity contribution >= 4 is 66.6 Å². The lowest BCUT2D eigenvalue weighted by molar-refractivity contribution is -0.152. The molecule has 0 unspecified atom stereocenters. The van der Waals surface area contributed by atoms with Crippen LogP contribution in [-0.4, -0.2) is 36.1 Å². The molecule has 0 aliphatic rings. The second kappa shape index (κ2) is 10.2. The Balaban J connectivity index is 1.61. The van der Waals surface area contributed by atoms with Crippen LogP contribution in [0.3, 0.4) is 0 Å². The van der Waals surface area contributed by atoms with Crippen LogP contribution in [0.2, 0.25) is 10.0 Å². The van der Waals surface area contributed by atoms with Crippen molar-refractivity contribution in [2.45, 2.75) is 31.3 Å². The highest BCUT2D eigenvalue weighted by Gasteiger charge is 2.30. The third-order valence-corrected chi connectivity index (χ3v) is 8.15. The van der Waals surface area contributed by atoms with Crippen LogP contribution in [0.15, 0.2) is 90.1 Å². The molecule has 3 aromatic carbocycles. The van der Waals surface area contributed by atoms with E-state index >= 15 is 0 Å². The Morgan fingerprint density at radius 2 is 1.67 bits per heavy atom. The predicted molar refractivity (Wildman–Crippen MR) is 155 cm³/mol. The van der Waals surface area contributed by atoms with Crippen molar-refractivity contribution in [3.63, 3.8) is 0 Å². The topological polar surface area (TPSA) is 81.5 Å². The first-order valence-electron chi connectivity index (χ1n) is 12.1. The van der Waals surface area contributed by atoms with Crippen LogP contribution in [0.1, 0.15) is 20.8 Å². The number of nitrogens with zero attached hydrogens (tertiary/aromatic N) is 3. The number of pyridine rings is 1. The summed E-state index contributed by atoms with van der Waals surface area (Å²) in [6.07, 6.45) is 3.63. The molecule has 0 fully saturated rings. The maximum absolute atomic E-state index is 13.8. The largest absolute Gasteiger partial charge is 0.459 e. The molecule has 0 amide bonds. The van der Waals surface area contributed by atoms with Crippen LogP contribution < -0.4 is 4.31 Å². The number of benzene rings is 3. The summed E-state index contributed by atoms with van der Waals surface area (Å²) in [6.45, 7) is 4.62. The van der Waals surface area contributed by atoms with Gasteiger partial charge in [-0.3, -0.25) is 9.10 Å². The van der Waals surface area contributed by atoms with E-state index in [0.717, 1.165) is 31.8 Å². The molecule has 0 spiro atoms. The molecule has 0 atom stereocenters. The lowest BCUT2D eigenvalue weighted by Crippen LogP contribution is -2.39. The van der Waals surface area contributed by atoms with Crippen molar-refractivity contribution in [1.29, 1.82) is 0 Å². The highest BCUT2D eigenvalue weighted by Crippen LogP contribution is 2.32. The Labute approximate surface area is 236 Å². The van der Waals surface area contributed by atoms with Gasteiger partial charge < -0.3 is 9.30 Å². The molecule has 0 saturated heterocycles. The zero-order valence-electron chi connectivity index (χ0n) is 21.4. The number of aromatic nitrogens is 2. The number of esters is 1. The second-order valence-corrected chi connectivity index (χ2v) is 12.7. The molecule has 0 N–H and O–H groups in total. The van der Waals surface area contributed by atoms with E-state index in [1.807, 2.05) is 47.2 Å². The van der Waals surface area contributed by atoms with Crippen LogP contribution in [-0.2, 0) is 19.6 Å². The molecule has 0 aliphatic heterocycles. The van der Waals surface area contributed by atoms with Gasteiger partial charge in [0.15, 0.2) is 0 Å². The molecule has 0 aliphatic carbocycles. The standard InChI is InChI=1S/C29H25Cl2N3O4S/c1-29(2,3)38-27(35)18-34(39(36,37)24-16-21(30)15-22(31)17-24)23-8-9-26-20(14-23)11-13-33(26)28-25-7-5-4-6-19(25)10-12-32-28/h4-17H,18H2,1-3H3. The Bertz CT molecular complexity index is 1800. The zero-order chi connectivity index (χ0) is 27.9. The molecule has 2 aromatic heterocycles. The zero-order valence-corrected chi connectivity index (χ0v) is 23.8. The lowest BCUT2D eigenvalue weighted by atomic mass is 10.1. The summed E-state index contributed by atoms with van der Waals surface area (Å²) < 4.78 is 36.1. The molecular weight excluding hydrogens is 557 g/mol. The lowest BCUT2D eigenvalue weighted by Gasteiger charge is -2.26. The molecule has 5 aromatic rings. The highest BCUT2D eigenvalue weighted by atomic mass is 35.5. The van der Waals surface area contributed by atoms with Crippen LogP contribution in [0.5, 0.6) is 0 Å². The van der Waals surface area contributed by atoms with E-state index in [2.05, 4.69) is 4.98 Å². The van der Waals surface area contributed by atoms with E-state index in [1.165, 1.54) is 18.2 Å². The van der Waals surface area contributed by atoms with Crippen LogP contribution in [0, 0.1) is 0 Å². The van der Waals surface area contributed by atoms with Gasteiger partial charge in [-0.05, 0) is 74.7 Å². The molecule has 7 nitrogen and oxygen atoms in total. The number of halogens is 2. The molecule has 0 saturated carbocycles. The van der Waals surface area contributed by atoms with Crippen molar-refractivity contribution < 1.29 is 17.9 Å². The van der Waals surface area contributed by atoms with Crippen molar-refractivity contribution in [1.82, 2.24) is 9.55 Å². The van der Waals surface area contributed by atoms with Crippen LogP contribution in [0.25, 0.3) is 27.5 Å². The number of ether oxygens (including phenoxy) is 1. The molecule has 39 heavy (non-hydrogen) atoms. The van der Waals surface area contributed by atoms with Crippen molar-refractivity contribution in [2.75, 3.05) is 10.8 Å². The number of hydrogen-bond donors (Lipinski definition) is 0. The number of fused-ring (bicyclic) bond motifs is 2. The number of carbonyl (C=O) groups is 1. The SMILES string of the molecule is CC(C)(C)OC(=O)CN(c1ccc2c(ccn2-c2nccc3ccccc23)c1)S(=O)(=O)c1cc(Cl)cc(Cl)c1. The summed E-state index contributed by atoms with van der Waals surface area (Å²) in [7, 11) is -4.25. The average molecular weight is 583 g/mol. The van der Waals surface area contributed by atoms with Crippen molar-refractivity contribution in [2.24, 2.45) is 0 Å². The Kier molecular flexibility index (Phi) is 7.05. The summed E-state index contributed by atoms with van der Waals surface area (Å²) in [5.74, 6) is 0.0551. The Morgan fingerprint density at radius 1 is 0.949 bits per heavy atom. The van der Waals surface area contributed by atoms with Gasteiger partial charge in [0.2, 0.25) is 0 Å². The minimum Gasteiger partial charge on any atom is -0.459 e. The van der Waals surface area contributed by atoms with E-state index in [0.29, 0.717) is 0 Å². The van der Waals surface area contributed by atoms with Crippen molar-refractivity contribution in [3.05, 3.63) is 95.2 Å². The molecule has 0 bridgehead atoms. The van der Waals surface area contributed by atoms with Gasteiger partial charge in [-0.15, -0.1) is 0 Å². The highest BCUT2D eigenvalue weighted by molar-refractivity contribution is 7.92. The maximum atomic E-state index is 13.8. The monoisotopic (exact) mass is 581 g/mol. The fourth-order valence-electron chi connectivity index (χ4n) is 4.38. The third-order valence-electron chi connectivity index (χ3n) is 5.96. The molecular formula is C29H25Cl2N3O4S. The first kappa shape index (κ1) is 27.0. The van der Waals surface area contributed by atoms with Gasteiger partial charge in [-0.1, -0.05) is 47.5 Å². The predicted octanol–water partition coefficient (Wildman–Crippen LogP) is 7.02. The Morgan fingerprint density at radius 3 is 2.38 bits per heavy atom. The summed E-state index contributed by atoms with van der Waals surface area (Å²) in [5.41, 5.74) is 0.314. The summed E-state index contributed by atoms with van der Waals surface area (Å²) in [4.78, 5) is 17.3. The number of carbonyl (C=O) groups excluding carboxylic acids is 1. The fraction of sp³-hybridized carbons (Fsp3) is 0.172. The normalized spacial score (nSPS) is 12.1. The summed E-state index contributed by atoms with van der Waals surface area (Å²) in [6, 6.07) is 21.0. The first-order valence-corrected chi connectivity index (χ1v) is 14.3. The van der Waals surface area contributed by atoms with E-state index in [-0.39, 0.29) is 20.6 Å². The van der Waals surface area contributed by atoms with Gasteiger partial charge in [0.1, 0.15) is 18.0 Å². The van der Waals surface area contributed by atoms with E-state index in [9.17, 15) is 13.2 Å². The maximum Gasteiger partial charge on any atom is 0.327 e. The smallest absolute Gasteiger partial charge is 0.327 e. The minimum absolute atomic E-state index is 0.138. The number of anilines is 1. The van der Waals surface area contributed by atoms with Crippen molar-refractivity contribution in [3.8, 4) is 5.82 Å². The number of rotatable bonds is 6. The molecule has 0 radical (unpaired) electrons. The quantitative estimate of drug-likeness (QED) is 0.201. The number of hydrogen-bond acceptors (Lipinski definition) is 5. The average Bonchev–Trinajstić information content (AvgIpc) is 3.28. The molecule has 200 valence electrons.